The maximum Gasteiger partial charge on any atom is 0.335 e. The van der Waals surface area contributed by atoms with Gasteiger partial charge in [-0.15, -0.1) is 0 Å². The number of ether oxygens (including phenoxy) is 1. The van der Waals surface area contributed by atoms with Crippen molar-refractivity contribution in [1.29, 1.82) is 10.8 Å². The zero-order chi connectivity index (χ0) is 37.6. The molecule has 6 rings (SSSR count). The second-order valence-corrected chi connectivity index (χ2v) is 12.9. The molecule has 2 heterocycles. The molecule has 0 bridgehead atoms. The first kappa shape index (κ1) is 36.3. The number of amides is 2. The van der Waals surface area contributed by atoms with E-state index < -0.39 is 23.8 Å². The summed E-state index contributed by atoms with van der Waals surface area (Å²) in [5.41, 5.74) is 8.69. The lowest BCUT2D eigenvalue weighted by Gasteiger charge is -2.36. The molecule has 1 fully saturated rings. The number of aromatic carboxylic acids is 1. The Hall–Kier alpha value is -6.50. The Morgan fingerprint density at radius 3 is 2.21 bits per heavy atom. The van der Waals surface area contributed by atoms with Crippen molar-refractivity contribution in [2.45, 2.75) is 44.8 Å². The largest absolute Gasteiger partial charge is 0.490 e. The van der Waals surface area contributed by atoms with Crippen LogP contribution in [0.4, 0.5) is 5.69 Å². The van der Waals surface area contributed by atoms with Crippen molar-refractivity contribution in [2.75, 3.05) is 24.5 Å². The Kier molecular flexibility index (Phi) is 10.8. The summed E-state index contributed by atoms with van der Waals surface area (Å²) in [6, 6.07) is 26.0. The number of imidazole rings is 1. The summed E-state index contributed by atoms with van der Waals surface area (Å²) in [6.45, 7) is 5.40. The molecular formula is C40H42N8O5. The summed E-state index contributed by atoms with van der Waals surface area (Å²) < 4.78 is 6.33. The molecule has 1 aliphatic heterocycles. The minimum atomic E-state index is -1.12. The van der Waals surface area contributed by atoms with Gasteiger partial charge in [-0.3, -0.25) is 25.3 Å². The highest BCUT2D eigenvalue weighted by atomic mass is 16.5. The van der Waals surface area contributed by atoms with Crippen LogP contribution in [0.1, 0.15) is 76.3 Å². The van der Waals surface area contributed by atoms with Gasteiger partial charge < -0.3 is 30.8 Å². The smallest absolute Gasteiger partial charge is 0.335 e. The molecule has 0 saturated carbocycles. The van der Waals surface area contributed by atoms with E-state index in [1.807, 2.05) is 42.2 Å². The molecule has 13 heteroatoms. The molecule has 272 valence electrons. The van der Waals surface area contributed by atoms with E-state index in [-0.39, 0.29) is 29.0 Å². The van der Waals surface area contributed by atoms with Crippen LogP contribution in [0.2, 0.25) is 0 Å². The van der Waals surface area contributed by atoms with E-state index in [1.165, 1.54) is 29.2 Å². The van der Waals surface area contributed by atoms with Crippen LogP contribution >= 0.6 is 0 Å². The van der Waals surface area contributed by atoms with Gasteiger partial charge in [0.15, 0.2) is 0 Å². The number of nitrogen functional groups attached to an aromatic ring is 1. The van der Waals surface area contributed by atoms with Gasteiger partial charge in [-0.1, -0.05) is 30.3 Å². The Morgan fingerprint density at radius 1 is 0.962 bits per heavy atom. The van der Waals surface area contributed by atoms with Crippen LogP contribution in [0.25, 0.3) is 11.0 Å². The molecule has 7 N–H and O–H groups in total. The van der Waals surface area contributed by atoms with Gasteiger partial charge in [0.05, 0.1) is 28.4 Å². The molecule has 0 spiro atoms. The molecule has 0 aliphatic carbocycles. The Balaban J connectivity index is 1.50. The molecule has 1 saturated heterocycles. The van der Waals surface area contributed by atoms with Crippen LogP contribution < -0.4 is 20.7 Å². The average Bonchev–Trinajstić information content (AvgIpc) is 3.59. The number of rotatable bonds is 12. The van der Waals surface area contributed by atoms with Crippen LogP contribution in [0.5, 0.6) is 5.75 Å². The fourth-order valence-electron chi connectivity index (χ4n) is 6.67. The first-order valence-corrected chi connectivity index (χ1v) is 17.4. The second kappa shape index (κ2) is 15.8. The third kappa shape index (κ3) is 8.04. The predicted molar refractivity (Wildman–Crippen MR) is 203 cm³/mol. The Morgan fingerprint density at radius 2 is 1.60 bits per heavy atom. The van der Waals surface area contributed by atoms with Gasteiger partial charge in [-0.25, -0.2) is 9.78 Å². The Bertz CT molecular complexity index is 2120. The molecule has 13 nitrogen and oxygen atoms in total. The third-order valence-corrected chi connectivity index (χ3v) is 9.41. The molecular weight excluding hydrogens is 672 g/mol. The number of benzene rings is 4. The molecule has 53 heavy (non-hydrogen) atoms. The SMILES string of the molecule is CCNC(=O)C(c1ccccc1)C(c1nc2ccc(C(=N)N)cc2[nH]1)N(C(=O)c1ccc(C(=O)O)cc1)c1ccc(OC2CCN(C(C)=N)CC2)cc1. The number of fused-ring (bicyclic) bond motifs is 1. The number of nitrogens with two attached hydrogens (primary N) is 1. The van der Waals surface area contributed by atoms with Gasteiger partial charge in [0, 0.05) is 49.3 Å². The summed E-state index contributed by atoms with van der Waals surface area (Å²) in [5, 5.41) is 28.4. The van der Waals surface area contributed by atoms with Crippen molar-refractivity contribution >= 4 is 46.2 Å². The highest BCUT2D eigenvalue weighted by molar-refractivity contribution is 6.08. The maximum atomic E-state index is 14.9. The lowest BCUT2D eigenvalue weighted by Crippen LogP contribution is -2.44. The fraction of sp³-hybridized carbons (Fsp3) is 0.250. The number of hydrogen-bond acceptors (Lipinski definition) is 7. The van der Waals surface area contributed by atoms with E-state index in [0.717, 1.165) is 25.9 Å². The van der Waals surface area contributed by atoms with E-state index in [2.05, 4.69) is 10.3 Å². The quantitative estimate of drug-likeness (QED) is 0.0698. The summed E-state index contributed by atoms with van der Waals surface area (Å²) in [4.78, 5) is 52.6. The molecule has 2 unspecified atom stereocenters. The van der Waals surface area contributed by atoms with Crippen molar-refractivity contribution in [2.24, 2.45) is 5.73 Å². The number of anilines is 1. The van der Waals surface area contributed by atoms with Crippen molar-refractivity contribution in [3.8, 4) is 5.75 Å². The van der Waals surface area contributed by atoms with Crippen LogP contribution in [0.15, 0.2) is 97.1 Å². The van der Waals surface area contributed by atoms with Gasteiger partial charge in [-0.05, 0) is 86.1 Å². The van der Waals surface area contributed by atoms with Crippen LogP contribution in [0.3, 0.4) is 0 Å². The Labute approximate surface area is 306 Å². The lowest BCUT2D eigenvalue weighted by molar-refractivity contribution is -0.123. The van der Waals surface area contributed by atoms with Gasteiger partial charge in [0.2, 0.25) is 5.91 Å². The predicted octanol–water partition coefficient (Wildman–Crippen LogP) is 5.69. The lowest BCUT2D eigenvalue weighted by atomic mass is 9.87. The summed E-state index contributed by atoms with van der Waals surface area (Å²) >= 11 is 0. The normalized spacial score (nSPS) is 14.3. The average molecular weight is 715 g/mol. The molecule has 0 radical (unpaired) electrons. The zero-order valence-corrected chi connectivity index (χ0v) is 29.5. The number of H-pyrrole nitrogens is 1. The highest BCUT2D eigenvalue weighted by Gasteiger charge is 2.41. The van der Waals surface area contributed by atoms with Crippen LogP contribution in [0, 0.1) is 10.8 Å². The second-order valence-electron chi connectivity index (χ2n) is 12.9. The number of likely N-dealkylation sites (tertiary alicyclic amines) is 1. The first-order chi connectivity index (χ1) is 25.5. The summed E-state index contributed by atoms with van der Waals surface area (Å²) in [7, 11) is 0. The number of piperidine rings is 1. The number of hydrogen-bond donors (Lipinski definition) is 6. The number of carbonyl (C=O) groups excluding carboxylic acids is 2. The standard InChI is InChI=1S/C40H42N8O5/c1-3-44-38(49)34(25-7-5-4-6-8-25)35(37-45-32-18-13-28(36(42)43)23-33(32)46-37)48(39(50)26-9-11-27(12-10-26)40(51)52)29-14-16-30(17-15-29)53-31-19-21-47(22-20-31)24(2)41/h4-18,23,31,34-35,41H,3,19-22H2,1-2H3,(H3,42,43)(H,44,49)(H,45,46)(H,51,52). The first-order valence-electron chi connectivity index (χ1n) is 17.4. The van der Waals surface area contributed by atoms with Crippen LogP contribution in [-0.2, 0) is 4.79 Å². The van der Waals surface area contributed by atoms with E-state index >= 15 is 0 Å². The number of carbonyl (C=O) groups is 3. The maximum absolute atomic E-state index is 14.9. The number of likely N-dealkylation sites (N-methyl/N-ethyl adjacent to an activating group) is 1. The number of aromatic amines is 1. The molecule has 1 aliphatic rings. The molecule has 4 aromatic carbocycles. The molecule has 2 atom stereocenters. The summed E-state index contributed by atoms with van der Waals surface area (Å²) in [5.74, 6) is -1.59. The molecule has 1 aromatic heterocycles. The number of aromatic nitrogens is 2. The molecule has 2 amide bonds. The van der Waals surface area contributed by atoms with Gasteiger partial charge >= 0.3 is 5.97 Å². The van der Waals surface area contributed by atoms with Gasteiger partial charge in [0.1, 0.15) is 29.6 Å². The van der Waals surface area contributed by atoms with Crippen LogP contribution in [-0.4, -0.2) is 75.2 Å². The van der Waals surface area contributed by atoms with Crippen molar-refractivity contribution in [1.82, 2.24) is 20.2 Å². The summed E-state index contributed by atoms with van der Waals surface area (Å²) in [6.07, 6.45) is 1.49. The third-order valence-electron chi connectivity index (χ3n) is 9.41. The van der Waals surface area contributed by atoms with Gasteiger partial charge in [-0.2, -0.15) is 0 Å². The number of nitrogens with zero attached hydrogens (tertiary/aromatic N) is 3. The number of nitrogens with one attached hydrogen (secondary N) is 4. The van der Waals surface area contributed by atoms with Crippen molar-refractivity contribution in [3.63, 3.8) is 0 Å². The highest BCUT2D eigenvalue weighted by Crippen LogP contribution is 2.40. The van der Waals surface area contributed by atoms with Crippen molar-refractivity contribution < 1.29 is 24.2 Å². The number of carboxylic acids is 1. The zero-order valence-electron chi connectivity index (χ0n) is 29.5. The number of amidine groups is 2. The molecule has 5 aromatic rings. The fourth-order valence-corrected chi connectivity index (χ4v) is 6.67. The monoisotopic (exact) mass is 714 g/mol. The number of carboxylic acid groups (broad SMARTS) is 1. The minimum Gasteiger partial charge on any atom is -0.490 e. The van der Waals surface area contributed by atoms with E-state index in [9.17, 15) is 19.5 Å². The van der Waals surface area contributed by atoms with E-state index in [4.69, 9.17) is 26.3 Å². The van der Waals surface area contributed by atoms with E-state index in [0.29, 0.717) is 51.8 Å². The topological polar surface area (TPSA) is 202 Å². The van der Waals surface area contributed by atoms with Gasteiger partial charge in [0.25, 0.3) is 5.91 Å². The van der Waals surface area contributed by atoms with E-state index in [1.54, 1.807) is 49.4 Å². The van der Waals surface area contributed by atoms with Crippen molar-refractivity contribution in [3.05, 3.63) is 125 Å². The minimum absolute atomic E-state index is 0.0239.